The highest BCUT2D eigenvalue weighted by Gasteiger charge is 2.24. The minimum Gasteiger partial charge on any atom is -0.481 e. The summed E-state index contributed by atoms with van der Waals surface area (Å²) < 4.78 is 5.69. The number of carboxylic acids is 1. The molecular formula is C16H13NO4. The lowest BCUT2D eigenvalue weighted by Gasteiger charge is -2.11. The first-order valence-corrected chi connectivity index (χ1v) is 6.58. The number of benzene rings is 1. The summed E-state index contributed by atoms with van der Waals surface area (Å²) in [5, 5.41) is 9.08. The van der Waals surface area contributed by atoms with Crippen molar-refractivity contribution in [3.63, 3.8) is 0 Å². The zero-order valence-corrected chi connectivity index (χ0v) is 11.4. The minimum absolute atomic E-state index is 0.101. The lowest BCUT2D eigenvalue weighted by Crippen LogP contribution is -2.09. The number of hydrogen-bond acceptors (Lipinski definition) is 4. The maximum Gasteiger partial charge on any atom is 0.310 e. The molecule has 0 bridgehead atoms. The molecule has 1 aromatic carbocycles. The fourth-order valence-corrected chi connectivity index (χ4v) is 2.29. The highest BCUT2D eigenvalue weighted by atomic mass is 16.5. The van der Waals surface area contributed by atoms with Crippen molar-refractivity contribution in [2.45, 2.75) is 19.3 Å². The van der Waals surface area contributed by atoms with Crippen LogP contribution in [-0.2, 0) is 11.2 Å². The van der Waals surface area contributed by atoms with Crippen LogP contribution < -0.4 is 4.74 Å². The van der Waals surface area contributed by atoms with Crippen molar-refractivity contribution < 1.29 is 19.4 Å². The molecule has 2 heterocycles. The van der Waals surface area contributed by atoms with Gasteiger partial charge in [0.2, 0.25) is 5.88 Å². The minimum atomic E-state index is -0.929. The Morgan fingerprint density at radius 1 is 1.38 bits per heavy atom. The Balaban J connectivity index is 2.06. The van der Waals surface area contributed by atoms with Crippen LogP contribution in [0.1, 0.15) is 34.3 Å². The van der Waals surface area contributed by atoms with Gasteiger partial charge < -0.3 is 9.84 Å². The Morgan fingerprint density at radius 3 is 2.95 bits per heavy atom. The van der Waals surface area contributed by atoms with Crippen molar-refractivity contribution in [1.29, 1.82) is 0 Å². The number of hydrogen-bond donors (Lipinski definition) is 1. The average Bonchev–Trinajstić information content (AvgIpc) is 2.62. The SMILES string of the molecule is CC(C(=O)O)c1ccc2c(c1)C(=O)Cc1cccnc1O2. The summed E-state index contributed by atoms with van der Waals surface area (Å²) in [4.78, 5) is 27.6. The fraction of sp³-hybridized carbons (Fsp3) is 0.188. The first-order chi connectivity index (χ1) is 10.1. The van der Waals surface area contributed by atoms with Gasteiger partial charge in [0.05, 0.1) is 11.5 Å². The van der Waals surface area contributed by atoms with Gasteiger partial charge in [-0.25, -0.2) is 4.98 Å². The Bertz CT molecular complexity index is 739. The molecule has 1 unspecified atom stereocenters. The molecule has 5 heteroatoms. The number of fused-ring (bicyclic) bond motifs is 2. The van der Waals surface area contributed by atoms with Gasteiger partial charge in [0, 0.05) is 18.2 Å². The van der Waals surface area contributed by atoms with Gasteiger partial charge in [-0.1, -0.05) is 12.1 Å². The lowest BCUT2D eigenvalue weighted by molar-refractivity contribution is -0.138. The van der Waals surface area contributed by atoms with Crippen molar-refractivity contribution in [1.82, 2.24) is 4.98 Å². The van der Waals surface area contributed by atoms with Crippen LogP contribution in [0.5, 0.6) is 11.6 Å². The molecule has 1 aromatic heterocycles. The van der Waals surface area contributed by atoms with Gasteiger partial charge >= 0.3 is 5.97 Å². The molecule has 21 heavy (non-hydrogen) atoms. The number of pyridine rings is 1. The second-order valence-corrected chi connectivity index (χ2v) is 4.99. The van der Waals surface area contributed by atoms with E-state index in [2.05, 4.69) is 4.98 Å². The molecule has 2 aromatic rings. The van der Waals surface area contributed by atoms with Gasteiger partial charge in [-0.3, -0.25) is 9.59 Å². The van der Waals surface area contributed by atoms with Crippen molar-refractivity contribution in [2.75, 3.05) is 0 Å². The van der Waals surface area contributed by atoms with Gasteiger partial charge in [-0.15, -0.1) is 0 Å². The van der Waals surface area contributed by atoms with E-state index >= 15 is 0 Å². The molecule has 0 saturated carbocycles. The summed E-state index contributed by atoms with van der Waals surface area (Å²) >= 11 is 0. The van der Waals surface area contributed by atoms with E-state index < -0.39 is 11.9 Å². The molecule has 1 N–H and O–H groups in total. The highest BCUT2D eigenvalue weighted by Crippen LogP contribution is 2.33. The predicted octanol–water partition coefficient (Wildman–Crippen LogP) is 2.80. The van der Waals surface area contributed by atoms with Crippen LogP contribution in [0.2, 0.25) is 0 Å². The highest BCUT2D eigenvalue weighted by molar-refractivity contribution is 6.01. The number of carboxylic acid groups (broad SMARTS) is 1. The van der Waals surface area contributed by atoms with Crippen LogP contribution in [0.15, 0.2) is 36.5 Å². The summed E-state index contributed by atoms with van der Waals surface area (Å²) in [6.07, 6.45) is 1.80. The molecule has 3 rings (SSSR count). The number of Topliss-reactive ketones (excluding diaryl/α,β-unsaturated/α-hetero) is 1. The Morgan fingerprint density at radius 2 is 2.19 bits per heavy atom. The van der Waals surface area contributed by atoms with Crippen molar-refractivity contribution in [3.05, 3.63) is 53.2 Å². The Labute approximate surface area is 121 Å². The number of aliphatic carboxylic acids is 1. The Hall–Kier alpha value is -2.69. The molecule has 0 aliphatic carbocycles. The number of ether oxygens (including phenoxy) is 1. The monoisotopic (exact) mass is 283 g/mol. The topological polar surface area (TPSA) is 76.5 Å². The van der Waals surface area contributed by atoms with E-state index in [-0.39, 0.29) is 12.2 Å². The van der Waals surface area contributed by atoms with Gasteiger partial charge in [-0.05, 0) is 30.7 Å². The maximum absolute atomic E-state index is 12.4. The molecule has 0 fully saturated rings. The third kappa shape index (κ3) is 2.38. The zero-order valence-electron chi connectivity index (χ0n) is 11.4. The molecule has 5 nitrogen and oxygen atoms in total. The lowest BCUT2D eigenvalue weighted by atomic mass is 9.96. The molecule has 106 valence electrons. The maximum atomic E-state index is 12.4. The molecule has 0 saturated heterocycles. The molecule has 0 radical (unpaired) electrons. The standard InChI is InChI=1S/C16H13NO4/c1-9(16(19)20)10-4-5-14-12(7-10)13(18)8-11-3-2-6-17-15(11)21-14/h2-7,9H,8H2,1H3,(H,19,20). The van der Waals surface area contributed by atoms with Crippen molar-refractivity contribution in [2.24, 2.45) is 0 Å². The Kier molecular flexibility index (Phi) is 3.17. The summed E-state index contributed by atoms with van der Waals surface area (Å²) in [5.74, 6) is -0.868. The predicted molar refractivity (Wildman–Crippen MR) is 74.8 cm³/mol. The number of ketones is 1. The van der Waals surface area contributed by atoms with Crippen LogP contribution in [0, 0.1) is 0 Å². The number of carbonyl (C=O) groups is 2. The van der Waals surface area contributed by atoms with E-state index in [0.717, 1.165) is 5.56 Å². The zero-order chi connectivity index (χ0) is 15.0. The summed E-state index contributed by atoms with van der Waals surface area (Å²) in [5.41, 5.74) is 1.71. The fourth-order valence-electron chi connectivity index (χ4n) is 2.29. The van der Waals surface area contributed by atoms with E-state index in [1.807, 2.05) is 0 Å². The molecular weight excluding hydrogens is 270 g/mol. The van der Waals surface area contributed by atoms with Gasteiger partial charge in [0.1, 0.15) is 5.75 Å². The summed E-state index contributed by atoms with van der Waals surface area (Å²) in [6.45, 7) is 1.59. The van der Waals surface area contributed by atoms with Crippen molar-refractivity contribution >= 4 is 11.8 Å². The molecule has 1 aliphatic rings. The van der Waals surface area contributed by atoms with Crippen LogP contribution >= 0.6 is 0 Å². The van der Waals surface area contributed by atoms with E-state index in [1.165, 1.54) is 0 Å². The number of carbonyl (C=O) groups excluding carboxylic acids is 1. The van der Waals surface area contributed by atoms with Crippen LogP contribution in [0.4, 0.5) is 0 Å². The number of rotatable bonds is 2. The first-order valence-electron chi connectivity index (χ1n) is 6.58. The molecule has 0 amide bonds. The van der Waals surface area contributed by atoms with Gasteiger partial charge in [0.15, 0.2) is 5.78 Å². The summed E-state index contributed by atoms with van der Waals surface area (Å²) in [6, 6.07) is 8.45. The van der Waals surface area contributed by atoms with Crippen LogP contribution in [0.3, 0.4) is 0 Å². The van der Waals surface area contributed by atoms with Gasteiger partial charge in [0.25, 0.3) is 0 Å². The van der Waals surface area contributed by atoms with E-state index in [0.29, 0.717) is 22.8 Å². The van der Waals surface area contributed by atoms with E-state index in [9.17, 15) is 9.59 Å². The molecule has 1 atom stereocenters. The smallest absolute Gasteiger partial charge is 0.310 e. The molecule has 1 aliphatic heterocycles. The second kappa shape index (κ2) is 5.01. The van der Waals surface area contributed by atoms with Crippen molar-refractivity contribution in [3.8, 4) is 11.6 Å². The third-order valence-corrected chi connectivity index (χ3v) is 3.58. The number of aromatic nitrogens is 1. The quantitative estimate of drug-likeness (QED) is 0.917. The van der Waals surface area contributed by atoms with E-state index in [4.69, 9.17) is 9.84 Å². The second-order valence-electron chi connectivity index (χ2n) is 4.99. The van der Waals surface area contributed by atoms with Crippen LogP contribution in [-0.4, -0.2) is 21.8 Å². The first kappa shape index (κ1) is 13.3. The van der Waals surface area contributed by atoms with Crippen LogP contribution in [0.25, 0.3) is 0 Å². The third-order valence-electron chi connectivity index (χ3n) is 3.58. The molecule has 0 spiro atoms. The summed E-state index contributed by atoms with van der Waals surface area (Å²) in [7, 11) is 0. The van der Waals surface area contributed by atoms with E-state index in [1.54, 1.807) is 43.5 Å². The largest absolute Gasteiger partial charge is 0.481 e. The average molecular weight is 283 g/mol. The number of nitrogens with zero attached hydrogens (tertiary/aromatic N) is 1. The normalized spacial score (nSPS) is 14.4. The van der Waals surface area contributed by atoms with Gasteiger partial charge in [-0.2, -0.15) is 0 Å².